The van der Waals surface area contributed by atoms with E-state index >= 15 is 0 Å². The number of aromatic nitrogens is 2. The van der Waals surface area contributed by atoms with Crippen molar-refractivity contribution >= 4 is 23.7 Å². The third kappa shape index (κ3) is 2.46. The maximum atomic E-state index is 12.3. The molecule has 4 rings (SSSR count). The molecule has 1 saturated carbocycles. The third-order valence-corrected chi connectivity index (χ3v) is 5.19. The van der Waals surface area contributed by atoms with Crippen LogP contribution in [0.1, 0.15) is 44.6 Å². The predicted molar refractivity (Wildman–Crippen MR) is 85.2 cm³/mol. The molecule has 8 heteroatoms. The Balaban J connectivity index is 1.42. The second kappa shape index (κ2) is 5.92. The van der Waals surface area contributed by atoms with Crippen LogP contribution in [0.3, 0.4) is 0 Å². The van der Waals surface area contributed by atoms with E-state index in [0.29, 0.717) is 24.8 Å². The average Bonchev–Trinajstić information content (AvgIpc) is 3.31. The van der Waals surface area contributed by atoms with E-state index in [1.807, 2.05) is 4.68 Å². The lowest BCUT2D eigenvalue weighted by atomic mass is 10.2. The number of nitrogens with one attached hydrogen (secondary N) is 1. The molecule has 0 bridgehead atoms. The van der Waals surface area contributed by atoms with Crippen molar-refractivity contribution in [1.29, 1.82) is 0 Å². The summed E-state index contributed by atoms with van der Waals surface area (Å²) in [6, 6.07) is 1.36. The standard InChI is InChI=1S/C16H21N5O3/c22-14(10-20-15(23)12-6-3-9-19(12)16(20)24)18-13-7-8-17-21(13)11-4-1-2-5-11/h7-8,11-12H,1-6,9-10H2,(H,18,22). The van der Waals surface area contributed by atoms with E-state index in [9.17, 15) is 14.4 Å². The summed E-state index contributed by atoms with van der Waals surface area (Å²) in [7, 11) is 0. The molecule has 4 amide bonds. The molecule has 2 saturated heterocycles. The molecule has 2 aliphatic heterocycles. The van der Waals surface area contributed by atoms with Gasteiger partial charge >= 0.3 is 6.03 Å². The fourth-order valence-electron chi connectivity index (χ4n) is 4.01. The van der Waals surface area contributed by atoms with Gasteiger partial charge in [0.05, 0.1) is 12.2 Å². The molecular formula is C16H21N5O3. The highest BCUT2D eigenvalue weighted by atomic mass is 16.2. The smallest absolute Gasteiger partial charge is 0.312 e. The Labute approximate surface area is 139 Å². The number of amides is 4. The Kier molecular flexibility index (Phi) is 3.74. The summed E-state index contributed by atoms with van der Waals surface area (Å²) in [5.41, 5.74) is 0. The molecule has 3 aliphatic rings. The van der Waals surface area contributed by atoms with Gasteiger partial charge in [0, 0.05) is 12.6 Å². The third-order valence-electron chi connectivity index (χ3n) is 5.19. The van der Waals surface area contributed by atoms with Crippen molar-refractivity contribution in [2.24, 2.45) is 0 Å². The van der Waals surface area contributed by atoms with E-state index < -0.39 is 0 Å². The monoisotopic (exact) mass is 331 g/mol. The van der Waals surface area contributed by atoms with Gasteiger partial charge < -0.3 is 10.2 Å². The van der Waals surface area contributed by atoms with Gasteiger partial charge in [-0.1, -0.05) is 12.8 Å². The van der Waals surface area contributed by atoms with E-state index in [0.717, 1.165) is 24.2 Å². The summed E-state index contributed by atoms with van der Waals surface area (Å²) in [5, 5.41) is 7.10. The van der Waals surface area contributed by atoms with Crippen LogP contribution in [0.15, 0.2) is 12.3 Å². The number of hydrogen-bond donors (Lipinski definition) is 1. The van der Waals surface area contributed by atoms with E-state index in [2.05, 4.69) is 10.4 Å². The highest BCUT2D eigenvalue weighted by Gasteiger charge is 2.47. The average molecular weight is 331 g/mol. The lowest BCUT2D eigenvalue weighted by Gasteiger charge is -2.17. The first-order chi connectivity index (χ1) is 11.6. The van der Waals surface area contributed by atoms with E-state index in [4.69, 9.17) is 0 Å². The van der Waals surface area contributed by atoms with Crippen LogP contribution in [-0.4, -0.2) is 56.6 Å². The zero-order valence-electron chi connectivity index (χ0n) is 13.5. The van der Waals surface area contributed by atoms with Crippen molar-refractivity contribution in [2.45, 2.75) is 50.6 Å². The minimum absolute atomic E-state index is 0.236. The molecule has 0 spiro atoms. The Bertz CT molecular complexity index is 657. The number of anilines is 1. The van der Waals surface area contributed by atoms with E-state index in [-0.39, 0.29) is 30.4 Å². The number of carbonyl (C=O) groups is 3. The van der Waals surface area contributed by atoms with Crippen molar-refractivity contribution in [1.82, 2.24) is 19.6 Å². The number of rotatable bonds is 4. The zero-order chi connectivity index (χ0) is 16.7. The fraction of sp³-hybridized carbons (Fsp3) is 0.625. The summed E-state index contributed by atoms with van der Waals surface area (Å²) in [6.07, 6.45) is 7.67. The van der Waals surface area contributed by atoms with Crippen molar-refractivity contribution in [3.8, 4) is 0 Å². The van der Waals surface area contributed by atoms with E-state index in [1.165, 1.54) is 12.8 Å². The van der Waals surface area contributed by atoms with Gasteiger partial charge in [-0.25, -0.2) is 9.48 Å². The minimum atomic E-state index is -0.366. The summed E-state index contributed by atoms with van der Waals surface area (Å²) >= 11 is 0. The lowest BCUT2D eigenvalue weighted by Crippen LogP contribution is -2.39. The summed E-state index contributed by atoms with van der Waals surface area (Å²) in [6.45, 7) is 0.363. The van der Waals surface area contributed by atoms with Crippen LogP contribution < -0.4 is 5.32 Å². The fourth-order valence-corrected chi connectivity index (χ4v) is 4.01. The summed E-state index contributed by atoms with van der Waals surface area (Å²) < 4.78 is 1.84. The van der Waals surface area contributed by atoms with Gasteiger partial charge in [0.1, 0.15) is 18.4 Å². The van der Waals surface area contributed by atoms with Crippen LogP contribution in [0.25, 0.3) is 0 Å². The van der Waals surface area contributed by atoms with Gasteiger partial charge in [-0.3, -0.25) is 14.5 Å². The molecule has 1 aromatic rings. The Hall–Kier alpha value is -2.38. The number of carbonyl (C=O) groups excluding carboxylic acids is 3. The van der Waals surface area contributed by atoms with Crippen molar-refractivity contribution < 1.29 is 14.4 Å². The number of nitrogens with zero attached hydrogens (tertiary/aromatic N) is 4. The molecular weight excluding hydrogens is 310 g/mol. The Morgan fingerprint density at radius 2 is 2.00 bits per heavy atom. The lowest BCUT2D eigenvalue weighted by molar-refractivity contribution is -0.131. The molecule has 3 heterocycles. The first kappa shape index (κ1) is 15.2. The quantitative estimate of drug-likeness (QED) is 0.844. The van der Waals surface area contributed by atoms with Crippen LogP contribution in [0.2, 0.25) is 0 Å². The topological polar surface area (TPSA) is 87.5 Å². The van der Waals surface area contributed by atoms with Gasteiger partial charge in [-0.05, 0) is 25.7 Å². The number of imide groups is 1. The van der Waals surface area contributed by atoms with Gasteiger partial charge in [-0.15, -0.1) is 0 Å². The number of fused-ring (bicyclic) bond motifs is 1. The van der Waals surface area contributed by atoms with Crippen molar-refractivity contribution in [3.05, 3.63) is 12.3 Å². The normalized spacial score (nSPS) is 24.1. The van der Waals surface area contributed by atoms with Crippen LogP contribution in [0, 0.1) is 0 Å². The largest absolute Gasteiger partial charge is 0.327 e. The molecule has 24 heavy (non-hydrogen) atoms. The molecule has 0 radical (unpaired) electrons. The van der Waals surface area contributed by atoms with Gasteiger partial charge in [0.2, 0.25) is 5.91 Å². The highest BCUT2D eigenvalue weighted by Crippen LogP contribution is 2.31. The highest BCUT2D eigenvalue weighted by molar-refractivity contribution is 6.08. The SMILES string of the molecule is O=C(CN1C(=O)C2CCCN2C1=O)Nc1ccnn1C1CCCC1. The van der Waals surface area contributed by atoms with Gasteiger partial charge in [-0.2, -0.15) is 5.10 Å². The zero-order valence-corrected chi connectivity index (χ0v) is 13.5. The molecule has 1 unspecified atom stereocenters. The Morgan fingerprint density at radius 3 is 2.75 bits per heavy atom. The van der Waals surface area contributed by atoms with Crippen LogP contribution >= 0.6 is 0 Å². The number of urea groups is 1. The molecule has 128 valence electrons. The van der Waals surface area contributed by atoms with Gasteiger partial charge in [0.25, 0.3) is 5.91 Å². The van der Waals surface area contributed by atoms with Crippen molar-refractivity contribution in [3.63, 3.8) is 0 Å². The van der Waals surface area contributed by atoms with E-state index in [1.54, 1.807) is 17.2 Å². The van der Waals surface area contributed by atoms with Crippen LogP contribution in [0.4, 0.5) is 10.6 Å². The number of hydrogen-bond acceptors (Lipinski definition) is 4. The summed E-state index contributed by atoms with van der Waals surface area (Å²) in [4.78, 5) is 39.5. The van der Waals surface area contributed by atoms with Crippen LogP contribution in [-0.2, 0) is 9.59 Å². The van der Waals surface area contributed by atoms with Crippen molar-refractivity contribution in [2.75, 3.05) is 18.4 Å². The molecule has 0 aromatic carbocycles. The molecule has 1 aliphatic carbocycles. The first-order valence-electron chi connectivity index (χ1n) is 8.60. The molecule has 1 N–H and O–H groups in total. The molecule has 3 fully saturated rings. The maximum Gasteiger partial charge on any atom is 0.327 e. The van der Waals surface area contributed by atoms with Crippen LogP contribution in [0.5, 0.6) is 0 Å². The molecule has 1 atom stereocenters. The summed E-state index contributed by atoms with van der Waals surface area (Å²) in [5.74, 6) is 0.0149. The maximum absolute atomic E-state index is 12.3. The predicted octanol–water partition coefficient (Wildman–Crippen LogP) is 1.36. The second-order valence-corrected chi connectivity index (χ2v) is 6.71. The minimum Gasteiger partial charge on any atom is -0.312 e. The van der Waals surface area contributed by atoms with Gasteiger partial charge in [0.15, 0.2) is 0 Å². The Morgan fingerprint density at radius 1 is 1.21 bits per heavy atom. The molecule has 8 nitrogen and oxygen atoms in total. The second-order valence-electron chi connectivity index (χ2n) is 6.71. The first-order valence-corrected chi connectivity index (χ1v) is 8.60. The molecule has 1 aromatic heterocycles.